The van der Waals surface area contributed by atoms with Crippen molar-refractivity contribution in [3.8, 4) is 28.3 Å². The molecule has 0 bridgehead atoms. The number of hydrogen-bond acceptors (Lipinski definition) is 3. The van der Waals surface area contributed by atoms with Gasteiger partial charge in [-0.3, -0.25) is 4.57 Å². The highest BCUT2D eigenvalue weighted by Gasteiger charge is 2.40. The minimum absolute atomic E-state index is 0.316. The molecule has 0 N–H and O–H groups in total. The summed E-state index contributed by atoms with van der Waals surface area (Å²) >= 11 is 1.85. The van der Waals surface area contributed by atoms with E-state index in [1.165, 1.54) is 79.6 Å². The molecule has 9 aromatic carbocycles. The highest BCUT2D eigenvalue weighted by molar-refractivity contribution is 7.26. The van der Waals surface area contributed by atoms with Gasteiger partial charge in [0, 0.05) is 58.3 Å². The summed E-state index contributed by atoms with van der Waals surface area (Å²) in [6, 6.07) is 60.1. The van der Waals surface area contributed by atoms with E-state index in [1.807, 2.05) is 11.3 Å². The van der Waals surface area contributed by atoms with E-state index in [1.54, 1.807) is 0 Å². The van der Waals surface area contributed by atoms with Gasteiger partial charge in [0.1, 0.15) is 5.69 Å². The number of aromatic nitrogens is 3. The Kier molecular flexibility index (Phi) is 6.12. The first kappa shape index (κ1) is 31.3. The highest BCUT2D eigenvalue weighted by atomic mass is 32.1. The Labute approximate surface area is 332 Å². The summed E-state index contributed by atoms with van der Waals surface area (Å²) in [5.74, 6) is 0.854. The molecule has 0 unspecified atom stereocenters. The molecule has 12 aromatic rings. The summed E-state index contributed by atoms with van der Waals surface area (Å²) in [6.45, 7) is 4.59. The number of nitrogens with zero attached hydrogens (tertiary/aromatic N) is 3. The largest absolute Gasteiger partial charge is 0.291 e. The van der Waals surface area contributed by atoms with Crippen molar-refractivity contribution >= 4 is 96.4 Å². The van der Waals surface area contributed by atoms with Crippen molar-refractivity contribution in [3.63, 3.8) is 0 Å². The van der Waals surface area contributed by atoms with Gasteiger partial charge in [0.05, 0.1) is 22.4 Å². The Morgan fingerprint density at radius 3 is 1.89 bits per heavy atom. The first-order chi connectivity index (χ1) is 28.1. The summed E-state index contributed by atoms with van der Waals surface area (Å²) in [5.41, 5.74) is 8.38. The molecule has 0 saturated carbocycles. The van der Waals surface area contributed by atoms with E-state index in [4.69, 9.17) is 9.97 Å². The van der Waals surface area contributed by atoms with Gasteiger partial charge in [-0.2, -0.15) is 0 Å². The Bertz CT molecular complexity index is 3700. The molecule has 4 heteroatoms. The lowest BCUT2D eigenvalue weighted by atomic mass is 9.85. The van der Waals surface area contributed by atoms with Gasteiger partial charge in [-0.05, 0) is 50.0 Å². The summed E-state index contributed by atoms with van der Waals surface area (Å²) in [7, 11) is 0. The molecule has 1 aliphatic carbocycles. The van der Waals surface area contributed by atoms with Crippen LogP contribution in [0.3, 0.4) is 0 Å². The summed E-state index contributed by atoms with van der Waals surface area (Å²) in [6.07, 6.45) is 0. The Balaban J connectivity index is 1.27. The van der Waals surface area contributed by atoms with E-state index in [0.29, 0.717) is 0 Å². The third-order valence-corrected chi connectivity index (χ3v) is 13.9. The molecular weight excluding hydrogens is 711 g/mol. The van der Waals surface area contributed by atoms with Crippen molar-refractivity contribution in [1.29, 1.82) is 0 Å². The maximum absolute atomic E-state index is 5.87. The molecule has 3 nitrogen and oxygen atoms in total. The second-order valence-corrected chi connectivity index (χ2v) is 17.1. The SMILES string of the molecule is CC1(C)c2ccccc2-c2nc(-n3c4ccc5c6ccccc6c6ccccc6c5c4c4ccc5ccccc5c43)c(-c3cccc4c3sc3ccccc34)nc21. The molecule has 1 aliphatic rings. The number of rotatable bonds is 2. The second kappa shape index (κ2) is 11.1. The van der Waals surface area contributed by atoms with Crippen LogP contribution in [0.25, 0.3) is 113 Å². The zero-order chi connectivity index (χ0) is 37.6. The van der Waals surface area contributed by atoms with Crippen LogP contribution in [-0.4, -0.2) is 14.5 Å². The lowest BCUT2D eigenvalue weighted by Gasteiger charge is -2.22. The molecule has 0 aliphatic heterocycles. The van der Waals surface area contributed by atoms with Gasteiger partial charge in [-0.15, -0.1) is 11.3 Å². The second-order valence-electron chi connectivity index (χ2n) is 16.0. The summed E-state index contributed by atoms with van der Waals surface area (Å²) in [5, 5.41) is 15.0. The van der Waals surface area contributed by atoms with Crippen molar-refractivity contribution < 1.29 is 0 Å². The van der Waals surface area contributed by atoms with Crippen LogP contribution in [0.2, 0.25) is 0 Å². The topological polar surface area (TPSA) is 30.7 Å². The molecule has 0 spiro atoms. The smallest absolute Gasteiger partial charge is 0.165 e. The molecule has 266 valence electrons. The van der Waals surface area contributed by atoms with E-state index in [2.05, 4.69) is 182 Å². The molecule has 3 aromatic heterocycles. The first-order valence-corrected chi connectivity index (χ1v) is 20.5. The molecule has 0 radical (unpaired) electrons. The zero-order valence-corrected chi connectivity index (χ0v) is 32.2. The van der Waals surface area contributed by atoms with Gasteiger partial charge in [-0.1, -0.05) is 166 Å². The van der Waals surface area contributed by atoms with Crippen LogP contribution in [0.4, 0.5) is 0 Å². The number of benzene rings is 9. The fraction of sp³-hybridized carbons (Fsp3) is 0.0566. The van der Waals surface area contributed by atoms with Crippen LogP contribution in [0, 0.1) is 0 Å². The molecule has 0 atom stereocenters. The Hall–Kier alpha value is -6.88. The van der Waals surface area contributed by atoms with Crippen molar-refractivity contribution in [2.45, 2.75) is 19.3 Å². The standard InChI is InChI=1S/C53H33N3S/c1-53(2)42-24-11-9-21-39(42)47-51(53)54-48(41-23-13-22-38-35-19-10-12-25-44(35)57-50(38)41)52(55-47)56-43-29-28-37-34-18-6-5-16-32(34)33-17-7-8-20-36(33)45(37)46(43)40-27-26-30-14-3-4-15-31(30)49(40)56/h3-29H,1-2H3. The zero-order valence-electron chi connectivity index (χ0n) is 31.3. The Morgan fingerprint density at radius 2 is 1.07 bits per heavy atom. The van der Waals surface area contributed by atoms with Crippen molar-refractivity contribution in [2.24, 2.45) is 0 Å². The van der Waals surface area contributed by atoms with Crippen LogP contribution in [0.1, 0.15) is 25.1 Å². The normalized spacial score (nSPS) is 13.6. The van der Waals surface area contributed by atoms with E-state index in [0.717, 1.165) is 45.1 Å². The molecular formula is C53H33N3S. The van der Waals surface area contributed by atoms with E-state index < -0.39 is 0 Å². The van der Waals surface area contributed by atoms with Gasteiger partial charge < -0.3 is 0 Å². The lowest BCUT2D eigenvalue weighted by Crippen LogP contribution is -2.18. The van der Waals surface area contributed by atoms with Gasteiger partial charge >= 0.3 is 0 Å². The molecule has 0 amide bonds. The minimum Gasteiger partial charge on any atom is -0.291 e. The van der Waals surface area contributed by atoms with Gasteiger partial charge in [0.15, 0.2) is 5.82 Å². The molecule has 0 saturated heterocycles. The third-order valence-electron chi connectivity index (χ3n) is 12.7. The fourth-order valence-electron chi connectivity index (χ4n) is 10.2. The van der Waals surface area contributed by atoms with Crippen LogP contribution < -0.4 is 0 Å². The lowest BCUT2D eigenvalue weighted by molar-refractivity contribution is 0.635. The third kappa shape index (κ3) is 4.05. The maximum atomic E-state index is 5.87. The summed E-state index contributed by atoms with van der Waals surface area (Å²) in [4.78, 5) is 11.7. The predicted octanol–water partition coefficient (Wildman–Crippen LogP) is 14.5. The van der Waals surface area contributed by atoms with Crippen LogP contribution >= 0.6 is 11.3 Å². The predicted molar refractivity (Wildman–Crippen MR) is 242 cm³/mol. The van der Waals surface area contributed by atoms with E-state index >= 15 is 0 Å². The molecule has 0 fully saturated rings. The molecule has 13 rings (SSSR count). The average molecular weight is 744 g/mol. The van der Waals surface area contributed by atoms with Crippen LogP contribution in [0.15, 0.2) is 164 Å². The molecule has 3 heterocycles. The number of hydrogen-bond donors (Lipinski definition) is 0. The van der Waals surface area contributed by atoms with Crippen molar-refractivity contribution in [3.05, 3.63) is 175 Å². The van der Waals surface area contributed by atoms with E-state index in [9.17, 15) is 0 Å². The van der Waals surface area contributed by atoms with Crippen LogP contribution in [0.5, 0.6) is 0 Å². The van der Waals surface area contributed by atoms with Crippen molar-refractivity contribution in [2.75, 3.05) is 0 Å². The maximum Gasteiger partial charge on any atom is 0.165 e. The molecule has 57 heavy (non-hydrogen) atoms. The van der Waals surface area contributed by atoms with Gasteiger partial charge in [0.2, 0.25) is 0 Å². The fourth-order valence-corrected chi connectivity index (χ4v) is 11.4. The van der Waals surface area contributed by atoms with Gasteiger partial charge in [-0.25, -0.2) is 9.97 Å². The number of fused-ring (bicyclic) bond motifs is 18. The summed E-state index contributed by atoms with van der Waals surface area (Å²) < 4.78 is 4.96. The highest BCUT2D eigenvalue weighted by Crippen LogP contribution is 2.51. The van der Waals surface area contributed by atoms with E-state index in [-0.39, 0.29) is 5.41 Å². The van der Waals surface area contributed by atoms with Gasteiger partial charge in [0.25, 0.3) is 0 Å². The average Bonchev–Trinajstić information content (AvgIpc) is 3.89. The monoisotopic (exact) mass is 743 g/mol. The van der Waals surface area contributed by atoms with Crippen molar-refractivity contribution in [1.82, 2.24) is 14.5 Å². The quantitative estimate of drug-likeness (QED) is 0.165. The Morgan fingerprint density at radius 1 is 0.456 bits per heavy atom. The van der Waals surface area contributed by atoms with Crippen LogP contribution in [-0.2, 0) is 5.41 Å². The number of thiophene rings is 1. The minimum atomic E-state index is -0.316. The first-order valence-electron chi connectivity index (χ1n) is 19.7.